The molecule has 3 atom stereocenters. The Labute approximate surface area is 199 Å². The summed E-state index contributed by atoms with van der Waals surface area (Å²) in [5, 5.41) is 2.55. The van der Waals surface area contributed by atoms with Crippen LogP contribution in [0.15, 0.2) is 42.6 Å². The molecule has 9 heteroatoms. The minimum atomic E-state index is -1.000. The van der Waals surface area contributed by atoms with E-state index in [1.54, 1.807) is 6.92 Å². The molecule has 9 nitrogen and oxygen atoms in total. The van der Waals surface area contributed by atoms with Crippen molar-refractivity contribution in [1.29, 1.82) is 0 Å². The van der Waals surface area contributed by atoms with Crippen LogP contribution in [0.25, 0.3) is 0 Å². The van der Waals surface area contributed by atoms with Gasteiger partial charge in [0.05, 0.1) is 6.61 Å². The van der Waals surface area contributed by atoms with Gasteiger partial charge in [-0.1, -0.05) is 32.0 Å². The maximum atomic E-state index is 12.9. The molecular formula is C25H32N2O7. The molecule has 1 aromatic heterocycles. The Morgan fingerprint density at radius 3 is 2.29 bits per heavy atom. The van der Waals surface area contributed by atoms with Gasteiger partial charge >= 0.3 is 11.9 Å². The number of carbonyl (C=O) groups excluding carboxylic acids is 3. The lowest BCUT2D eigenvalue weighted by Gasteiger charge is -2.29. The zero-order valence-electron chi connectivity index (χ0n) is 20.4. The second-order valence-electron chi connectivity index (χ2n) is 7.99. The number of nitrogens with zero attached hydrogens (tertiary/aromatic N) is 1. The SMILES string of the molecule is CCOc1ccnc(C(=O)N[C@@H](C)C(=O)OC(C(C)C)[C@H](C)Oc2ccccc2)c1OC(C)=O. The van der Waals surface area contributed by atoms with Gasteiger partial charge in [-0.05, 0) is 38.8 Å². The van der Waals surface area contributed by atoms with Gasteiger partial charge in [0.25, 0.3) is 5.91 Å². The molecule has 184 valence electrons. The molecule has 0 aliphatic carbocycles. The van der Waals surface area contributed by atoms with Crippen LogP contribution in [0.3, 0.4) is 0 Å². The maximum absolute atomic E-state index is 12.9. The fraction of sp³-hybridized carbons (Fsp3) is 0.440. The van der Waals surface area contributed by atoms with E-state index < -0.39 is 36.1 Å². The number of nitrogens with one attached hydrogen (secondary N) is 1. The molecule has 1 N–H and O–H groups in total. The van der Waals surface area contributed by atoms with Crippen molar-refractivity contribution in [1.82, 2.24) is 10.3 Å². The quantitative estimate of drug-likeness (QED) is 0.494. The molecule has 2 rings (SSSR count). The summed E-state index contributed by atoms with van der Waals surface area (Å²) in [6.07, 6.45) is 0.380. The first-order valence-electron chi connectivity index (χ1n) is 11.2. The fourth-order valence-electron chi connectivity index (χ4n) is 3.22. The van der Waals surface area contributed by atoms with Crippen molar-refractivity contribution >= 4 is 17.8 Å². The van der Waals surface area contributed by atoms with Gasteiger partial charge in [-0.3, -0.25) is 9.59 Å². The van der Waals surface area contributed by atoms with E-state index in [0.717, 1.165) is 0 Å². The Hall–Kier alpha value is -3.62. The van der Waals surface area contributed by atoms with E-state index in [9.17, 15) is 14.4 Å². The molecule has 0 radical (unpaired) electrons. The standard InChI is InChI=1S/C25H32N2O7/c1-7-31-20-13-14-26-21(23(20)33-18(6)28)24(29)27-16(4)25(30)34-22(15(2)3)17(5)32-19-11-9-8-10-12-19/h8-17,22H,7H2,1-6H3,(H,27,29)/t16-,17-,22?/m0/s1. The second kappa shape index (κ2) is 12.6. The maximum Gasteiger partial charge on any atom is 0.328 e. The first-order chi connectivity index (χ1) is 16.1. The third kappa shape index (κ3) is 7.47. The van der Waals surface area contributed by atoms with Gasteiger partial charge < -0.3 is 24.3 Å². The summed E-state index contributed by atoms with van der Waals surface area (Å²) in [5.74, 6) is -1.27. The Kier molecular flexibility index (Phi) is 9.85. The summed E-state index contributed by atoms with van der Waals surface area (Å²) in [6, 6.07) is 9.72. The Morgan fingerprint density at radius 2 is 1.71 bits per heavy atom. The van der Waals surface area contributed by atoms with Crippen LogP contribution in [0.5, 0.6) is 17.2 Å². The second-order valence-corrected chi connectivity index (χ2v) is 7.99. The largest absolute Gasteiger partial charge is 0.490 e. The lowest BCUT2D eigenvalue weighted by atomic mass is 10.0. The van der Waals surface area contributed by atoms with E-state index in [2.05, 4.69) is 10.3 Å². The predicted molar refractivity (Wildman–Crippen MR) is 125 cm³/mol. The van der Waals surface area contributed by atoms with Crippen LogP contribution < -0.4 is 19.5 Å². The zero-order chi connectivity index (χ0) is 25.3. The van der Waals surface area contributed by atoms with E-state index in [0.29, 0.717) is 12.4 Å². The normalized spacial score (nSPS) is 13.4. The molecule has 1 aromatic carbocycles. The van der Waals surface area contributed by atoms with Crippen molar-refractivity contribution in [2.45, 2.75) is 59.8 Å². The third-order valence-electron chi connectivity index (χ3n) is 4.77. The van der Waals surface area contributed by atoms with Gasteiger partial charge in [-0.2, -0.15) is 0 Å². The van der Waals surface area contributed by atoms with Crippen molar-refractivity contribution < 1.29 is 33.3 Å². The first kappa shape index (κ1) is 26.6. The summed E-state index contributed by atoms with van der Waals surface area (Å²) in [4.78, 5) is 41.2. The molecule has 0 aliphatic rings. The van der Waals surface area contributed by atoms with E-state index in [-0.39, 0.29) is 23.1 Å². The fourth-order valence-corrected chi connectivity index (χ4v) is 3.22. The number of esters is 2. The Bertz CT molecular complexity index is 978. The number of benzene rings is 1. The van der Waals surface area contributed by atoms with Gasteiger partial charge in [-0.15, -0.1) is 0 Å². The number of amides is 1. The van der Waals surface area contributed by atoms with Crippen molar-refractivity contribution in [3.63, 3.8) is 0 Å². The highest BCUT2D eigenvalue weighted by Crippen LogP contribution is 2.30. The highest BCUT2D eigenvalue weighted by atomic mass is 16.6. The number of ether oxygens (including phenoxy) is 4. The van der Waals surface area contributed by atoms with E-state index >= 15 is 0 Å². The first-order valence-corrected chi connectivity index (χ1v) is 11.2. The zero-order valence-corrected chi connectivity index (χ0v) is 20.4. The molecule has 0 bridgehead atoms. The van der Waals surface area contributed by atoms with Crippen LogP contribution >= 0.6 is 0 Å². The molecule has 0 fully saturated rings. The predicted octanol–water partition coefficient (Wildman–Crippen LogP) is 3.56. The number of rotatable bonds is 11. The van der Waals surface area contributed by atoms with E-state index in [1.807, 2.05) is 51.1 Å². The molecule has 1 heterocycles. The lowest BCUT2D eigenvalue weighted by molar-refractivity contribution is -0.158. The van der Waals surface area contributed by atoms with Gasteiger partial charge in [-0.25, -0.2) is 9.78 Å². The number of para-hydroxylation sites is 1. The highest BCUT2D eigenvalue weighted by molar-refractivity contribution is 5.98. The Morgan fingerprint density at radius 1 is 1.03 bits per heavy atom. The van der Waals surface area contributed by atoms with Crippen molar-refractivity contribution in [2.75, 3.05) is 6.61 Å². The summed E-state index contributed by atoms with van der Waals surface area (Å²) < 4.78 is 22.2. The van der Waals surface area contributed by atoms with Crippen molar-refractivity contribution in [3.05, 3.63) is 48.3 Å². The molecule has 0 aliphatic heterocycles. The van der Waals surface area contributed by atoms with Gasteiger partial charge in [0.1, 0.15) is 24.0 Å². The van der Waals surface area contributed by atoms with Crippen molar-refractivity contribution in [2.24, 2.45) is 5.92 Å². The number of aromatic nitrogens is 1. The highest BCUT2D eigenvalue weighted by Gasteiger charge is 2.30. The molecule has 0 spiro atoms. The summed E-state index contributed by atoms with van der Waals surface area (Å²) in [7, 11) is 0. The van der Waals surface area contributed by atoms with Gasteiger partial charge in [0.2, 0.25) is 5.75 Å². The minimum absolute atomic E-state index is 0.0364. The van der Waals surface area contributed by atoms with E-state index in [4.69, 9.17) is 18.9 Å². The summed E-state index contributed by atoms with van der Waals surface area (Å²) >= 11 is 0. The lowest BCUT2D eigenvalue weighted by Crippen LogP contribution is -2.45. The Balaban J connectivity index is 2.11. The van der Waals surface area contributed by atoms with Crippen LogP contribution in [0, 0.1) is 5.92 Å². The molecule has 34 heavy (non-hydrogen) atoms. The van der Waals surface area contributed by atoms with Crippen LogP contribution in [0.4, 0.5) is 0 Å². The summed E-state index contributed by atoms with van der Waals surface area (Å²) in [6.45, 7) is 10.4. The van der Waals surface area contributed by atoms with E-state index in [1.165, 1.54) is 26.1 Å². The molecule has 1 amide bonds. The smallest absolute Gasteiger partial charge is 0.328 e. The van der Waals surface area contributed by atoms with Crippen LogP contribution in [-0.2, 0) is 14.3 Å². The average Bonchev–Trinajstić information content (AvgIpc) is 2.78. The van der Waals surface area contributed by atoms with Crippen LogP contribution in [-0.4, -0.2) is 47.7 Å². The van der Waals surface area contributed by atoms with Crippen LogP contribution in [0.2, 0.25) is 0 Å². The third-order valence-corrected chi connectivity index (χ3v) is 4.77. The number of hydrogen-bond donors (Lipinski definition) is 1. The molecular weight excluding hydrogens is 440 g/mol. The van der Waals surface area contributed by atoms with Gasteiger partial charge in [0, 0.05) is 19.2 Å². The topological polar surface area (TPSA) is 113 Å². The monoisotopic (exact) mass is 472 g/mol. The number of pyridine rings is 1. The molecule has 0 saturated carbocycles. The minimum Gasteiger partial charge on any atom is -0.490 e. The average molecular weight is 473 g/mol. The number of carbonyl (C=O) groups is 3. The number of hydrogen-bond acceptors (Lipinski definition) is 8. The van der Waals surface area contributed by atoms with Gasteiger partial charge in [0.15, 0.2) is 11.4 Å². The molecule has 1 unspecified atom stereocenters. The van der Waals surface area contributed by atoms with Crippen LogP contribution in [0.1, 0.15) is 52.0 Å². The summed E-state index contributed by atoms with van der Waals surface area (Å²) in [5.41, 5.74) is -0.179. The van der Waals surface area contributed by atoms with Crippen molar-refractivity contribution in [3.8, 4) is 17.2 Å². The molecule has 2 aromatic rings. The molecule has 0 saturated heterocycles.